The Labute approximate surface area is 188 Å². The number of nitrogens with zero attached hydrogens (tertiary/aromatic N) is 1. The fraction of sp³-hybridized carbons (Fsp3) is 0.667. The molecule has 1 aromatic rings. The molecule has 2 saturated carbocycles. The van der Waals surface area contributed by atoms with Crippen LogP contribution in [0.2, 0.25) is 0 Å². The zero-order valence-electron chi connectivity index (χ0n) is 19.8. The van der Waals surface area contributed by atoms with Crippen molar-refractivity contribution in [3.63, 3.8) is 0 Å². The van der Waals surface area contributed by atoms with Gasteiger partial charge in [0.05, 0.1) is 5.71 Å². The summed E-state index contributed by atoms with van der Waals surface area (Å²) in [6.45, 7) is 8.71. The number of aromatic hydroxyl groups is 2. The molecule has 2 atom stereocenters. The molecule has 0 aliphatic heterocycles. The Balaban J connectivity index is 1.88. The maximum atomic E-state index is 11.0. The molecule has 172 valence electrons. The summed E-state index contributed by atoms with van der Waals surface area (Å²) >= 11 is 0. The highest BCUT2D eigenvalue weighted by atomic mass is 16.4. The maximum absolute atomic E-state index is 11.0. The maximum Gasteiger partial charge on any atom is 0.123 e. The van der Waals surface area contributed by atoms with Gasteiger partial charge < -0.3 is 15.4 Å². The Hall–Kier alpha value is -1.97. The number of unbranched alkanes of at least 4 members (excludes halogenated alkanes) is 2. The van der Waals surface area contributed by atoms with E-state index in [1.807, 2.05) is 12.1 Å². The van der Waals surface area contributed by atoms with Crippen molar-refractivity contribution in [1.29, 1.82) is 0 Å². The van der Waals surface area contributed by atoms with Crippen LogP contribution in [0, 0.1) is 11.3 Å². The molecule has 0 aromatic heterocycles. The Morgan fingerprint density at radius 2 is 1.74 bits per heavy atom. The van der Waals surface area contributed by atoms with Gasteiger partial charge in [-0.05, 0) is 67.6 Å². The van der Waals surface area contributed by atoms with E-state index in [0.29, 0.717) is 12.0 Å². The van der Waals surface area contributed by atoms with Gasteiger partial charge in [-0.2, -0.15) is 0 Å². The van der Waals surface area contributed by atoms with Gasteiger partial charge in [0, 0.05) is 16.9 Å². The fourth-order valence-electron chi connectivity index (χ4n) is 5.84. The first kappa shape index (κ1) is 23.7. The van der Waals surface area contributed by atoms with Gasteiger partial charge in [-0.15, -0.1) is 0 Å². The summed E-state index contributed by atoms with van der Waals surface area (Å²) in [5.74, 6) is 0.546. The normalized spacial score (nSPS) is 25.5. The van der Waals surface area contributed by atoms with Gasteiger partial charge in [-0.1, -0.05) is 70.7 Å². The molecule has 2 aliphatic rings. The van der Waals surface area contributed by atoms with Gasteiger partial charge in [0.15, 0.2) is 0 Å². The zero-order valence-corrected chi connectivity index (χ0v) is 19.8. The number of phenols is 2. The topological polar surface area (TPSA) is 73.1 Å². The molecule has 0 spiro atoms. The number of rotatable bonds is 6. The van der Waals surface area contributed by atoms with Crippen LogP contribution >= 0.6 is 0 Å². The van der Waals surface area contributed by atoms with E-state index in [-0.39, 0.29) is 34.2 Å². The van der Waals surface area contributed by atoms with Gasteiger partial charge in [-0.3, -0.25) is 0 Å². The number of allylic oxidation sites excluding steroid dienone is 2. The van der Waals surface area contributed by atoms with E-state index in [1.54, 1.807) is 0 Å². The second kappa shape index (κ2) is 9.67. The van der Waals surface area contributed by atoms with Crippen LogP contribution in [0.15, 0.2) is 29.4 Å². The minimum atomic E-state index is -0.0805. The molecule has 0 unspecified atom stereocenters. The zero-order chi connectivity index (χ0) is 22.6. The molecule has 4 nitrogen and oxygen atoms in total. The molecule has 0 amide bonds. The summed E-state index contributed by atoms with van der Waals surface area (Å²) in [7, 11) is 0. The van der Waals surface area contributed by atoms with Gasteiger partial charge in [0.25, 0.3) is 0 Å². The minimum absolute atomic E-state index is 0.0272. The highest BCUT2D eigenvalue weighted by molar-refractivity contribution is 5.88. The average Bonchev–Trinajstić information content (AvgIpc) is 3.20. The first-order valence-electron chi connectivity index (χ1n) is 12.2. The highest BCUT2D eigenvalue weighted by Gasteiger charge is 2.38. The molecule has 3 rings (SSSR count). The number of phenolic OH excluding ortho intramolecular Hbond substituents is 2. The number of hydrogen-bond acceptors (Lipinski definition) is 4. The standard InChI is InChI=1S/C27H41NO3/c1-5-6-7-8-13-27(14-9-10-15-27)20-17-23(29)25(24(30)18-20)19-11-12-21(26(2,3)4)22(16-19)28-31/h8,13,17-19,21,29-31H,5-7,9-12,14-16H2,1-4H3/b13-8-,28-22+/t19-,21-/m0/s1. The van der Waals surface area contributed by atoms with Crippen LogP contribution in [-0.4, -0.2) is 21.1 Å². The van der Waals surface area contributed by atoms with Crippen molar-refractivity contribution in [3.05, 3.63) is 35.4 Å². The minimum Gasteiger partial charge on any atom is -0.508 e. The molecular weight excluding hydrogens is 386 g/mol. The van der Waals surface area contributed by atoms with Crippen molar-refractivity contribution >= 4 is 5.71 Å². The van der Waals surface area contributed by atoms with Crippen molar-refractivity contribution in [2.45, 2.75) is 103 Å². The van der Waals surface area contributed by atoms with E-state index in [0.717, 1.165) is 43.4 Å². The fourth-order valence-corrected chi connectivity index (χ4v) is 5.84. The summed E-state index contributed by atoms with van der Waals surface area (Å²) in [6, 6.07) is 3.77. The number of hydrogen-bond donors (Lipinski definition) is 3. The van der Waals surface area contributed by atoms with Crippen LogP contribution in [0.4, 0.5) is 0 Å². The lowest BCUT2D eigenvalue weighted by molar-refractivity contribution is 0.245. The Morgan fingerprint density at radius 3 is 2.29 bits per heavy atom. The third-order valence-electron chi connectivity index (χ3n) is 7.61. The lowest BCUT2D eigenvalue weighted by atomic mass is 9.67. The molecule has 0 heterocycles. The molecule has 2 fully saturated rings. The van der Waals surface area contributed by atoms with Crippen LogP contribution in [0.25, 0.3) is 0 Å². The van der Waals surface area contributed by atoms with Crippen molar-refractivity contribution in [3.8, 4) is 11.5 Å². The number of oxime groups is 1. The first-order valence-corrected chi connectivity index (χ1v) is 12.2. The van der Waals surface area contributed by atoms with E-state index < -0.39 is 0 Å². The average molecular weight is 428 g/mol. The molecule has 0 radical (unpaired) electrons. The summed E-state index contributed by atoms with van der Waals surface area (Å²) in [5.41, 5.74) is 2.36. The number of benzene rings is 1. The summed E-state index contributed by atoms with van der Waals surface area (Å²) < 4.78 is 0. The Morgan fingerprint density at radius 1 is 1.10 bits per heavy atom. The van der Waals surface area contributed by atoms with E-state index in [9.17, 15) is 15.4 Å². The molecule has 2 aliphatic carbocycles. The first-order chi connectivity index (χ1) is 14.7. The van der Waals surface area contributed by atoms with Crippen molar-refractivity contribution in [2.24, 2.45) is 16.5 Å². The molecular formula is C27H41NO3. The highest BCUT2D eigenvalue weighted by Crippen LogP contribution is 2.50. The van der Waals surface area contributed by atoms with E-state index in [2.05, 4.69) is 45.0 Å². The predicted molar refractivity (Wildman–Crippen MR) is 127 cm³/mol. The quantitative estimate of drug-likeness (QED) is 0.191. The largest absolute Gasteiger partial charge is 0.508 e. The SMILES string of the molecule is CCCC/C=C\C1(c2cc(O)c([C@H]3CC[C@H](C(C)(C)C)/C(=N/O)C3)c(O)c2)CCCC1. The van der Waals surface area contributed by atoms with E-state index in [1.165, 1.54) is 25.7 Å². The Bertz CT molecular complexity index is 789. The monoisotopic (exact) mass is 427 g/mol. The van der Waals surface area contributed by atoms with Gasteiger partial charge in [0.1, 0.15) is 11.5 Å². The summed E-state index contributed by atoms with van der Waals surface area (Å²) in [4.78, 5) is 0. The van der Waals surface area contributed by atoms with Crippen molar-refractivity contribution < 1.29 is 15.4 Å². The van der Waals surface area contributed by atoms with Gasteiger partial charge >= 0.3 is 0 Å². The molecule has 3 N–H and O–H groups in total. The molecule has 0 saturated heterocycles. The van der Waals surface area contributed by atoms with Gasteiger partial charge in [-0.25, -0.2) is 0 Å². The third-order valence-corrected chi connectivity index (χ3v) is 7.61. The predicted octanol–water partition coefficient (Wildman–Crippen LogP) is 7.42. The second-order valence-electron chi connectivity index (χ2n) is 10.8. The summed E-state index contributed by atoms with van der Waals surface area (Å²) in [6.07, 6.45) is 14.9. The molecule has 4 heteroatoms. The van der Waals surface area contributed by atoms with E-state index in [4.69, 9.17) is 0 Å². The van der Waals surface area contributed by atoms with Crippen LogP contribution in [0.1, 0.15) is 109 Å². The molecule has 0 bridgehead atoms. The van der Waals surface area contributed by atoms with Crippen LogP contribution in [-0.2, 0) is 5.41 Å². The molecule has 1 aromatic carbocycles. The third kappa shape index (κ3) is 5.10. The van der Waals surface area contributed by atoms with Crippen LogP contribution < -0.4 is 0 Å². The van der Waals surface area contributed by atoms with Gasteiger partial charge in [0.2, 0.25) is 0 Å². The lowest BCUT2D eigenvalue weighted by Gasteiger charge is -2.38. The smallest absolute Gasteiger partial charge is 0.123 e. The van der Waals surface area contributed by atoms with Crippen molar-refractivity contribution in [2.75, 3.05) is 0 Å². The van der Waals surface area contributed by atoms with E-state index >= 15 is 0 Å². The van der Waals surface area contributed by atoms with Crippen molar-refractivity contribution in [1.82, 2.24) is 0 Å². The Kier molecular flexibility index (Phi) is 7.39. The molecule has 31 heavy (non-hydrogen) atoms. The summed E-state index contributed by atoms with van der Waals surface area (Å²) in [5, 5.41) is 35.3. The lowest BCUT2D eigenvalue weighted by Crippen LogP contribution is -2.33. The van der Waals surface area contributed by atoms with Crippen LogP contribution in [0.5, 0.6) is 11.5 Å². The van der Waals surface area contributed by atoms with Crippen LogP contribution in [0.3, 0.4) is 0 Å². The second-order valence-corrected chi connectivity index (χ2v) is 10.8.